The monoisotopic (exact) mass is 258 g/mol. The van der Waals surface area contributed by atoms with E-state index in [1.165, 1.54) is 0 Å². The van der Waals surface area contributed by atoms with Gasteiger partial charge in [-0.15, -0.1) is 0 Å². The van der Waals surface area contributed by atoms with Crippen molar-refractivity contribution in [2.45, 2.75) is 25.9 Å². The standard InChI is InChI=1S/C15H22N4/c1-13-9-18(2)15(6-7-16)12-19(10-13)11-14-5-3-4-8-17-14/h3-5,8,13,15H,6,9-12H2,1-2H3. The van der Waals surface area contributed by atoms with Gasteiger partial charge in [-0.25, -0.2) is 0 Å². The van der Waals surface area contributed by atoms with Gasteiger partial charge in [0.25, 0.3) is 0 Å². The van der Waals surface area contributed by atoms with E-state index >= 15 is 0 Å². The Kier molecular flexibility index (Phi) is 4.89. The van der Waals surface area contributed by atoms with Crippen molar-refractivity contribution in [3.63, 3.8) is 0 Å². The highest BCUT2D eigenvalue weighted by Crippen LogP contribution is 2.16. The number of hydrogen-bond acceptors (Lipinski definition) is 4. The van der Waals surface area contributed by atoms with Gasteiger partial charge in [0.2, 0.25) is 0 Å². The maximum absolute atomic E-state index is 8.96. The van der Waals surface area contributed by atoms with Crippen molar-refractivity contribution in [3.05, 3.63) is 30.1 Å². The molecule has 0 aromatic carbocycles. The van der Waals surface area contributed by atoms with Crippen LogP contribution in [0.1, 0.15) is 19.0 Å². The molecule has 1 aliphatic rings. The van der Waals surface area contributed by atoms with Gasteiger partial charge < -0.3 is 4.90 Å². The lowest BCUT2D eigenvalue weighted by atomic mass is 10.1. The van der Waals surface area contributed by atoms with Crippen LogP contribution in [0.5, 0.6) is 0 Å². The molecule has 4 heteroatoms. The van der Waals surface area contributed by atoms with Crippen LogP contribution in [0.4, 0.5) is 0 Å². The molecule has 2 rings (SSSR count). The largest absolute Gasteiger partial charge is 0.301 e. The van der Waals surface area contributed by atoms with Gasteiger partial charge in [0.15, 0.2) is 0 Å². The van der Waals surface area contributed by atoms with Crippen LogP contribution >= 0.6 is 0 Å². The average molecular weight is 258 g/mol. The summed E-state index contributed by atoms with van der Waals surface area (Å²) in [6.07, 6.45) is 2.44. The third-order valence-electron chi connectivity index (χ3n) is 3.70. The fraction of sp³-hybridized carbons (Fsp3) is 0.600. The second kappa shape index (κ2) is 6.65. The van der Waals surface area contributed by atoms with Gasteiger partial charge in [-0.1, -0.05) is 13.0 Å². The van der Waals surface area contributed by atoms with Crippen LogP contribution in [0.25, 0.3) is 0 Å². The first-order chi connectivity index (χ1) is 9.19. The van der Waals surface area contributed by atoms with Crippen molar-refractivity contribution >= 4 is 0 Å². The Bertz CT molecular complexity index is 426. The van der Waals surface area contributed by atoms with E-state index in [0.717, 1.165) is 31.9 Å². The minimum atomic E-state index is 0.332. The van der Waals surface area contributed by atoms with E-state index < -0.39 is 0 Å². The van der Waals surface area contributed by atoms with Crippen LogP contribution in [-0.2, 0) is 6.54 Å². The minimum absolute atomic E-state index is 0.332. The molecule has 1 fully saturated rings. The Morgan fingerprint density at radius 2 is 2.21 bits per heavy atom. The van der Waals surface area contributed by atoms with Gasteiger partial charge in [0.1, 0.15) is 0 Å². The molecule has 1 saturated heterocycles. The number of nitrogens with zero attached hydrogens (tertiary/aromatic N) is 4. The molecule has 0 saturated carbocycles. The minimum Gasteiger partial charge on any atom is -0.301 e. The van der Waals surface area contributed by atoms with Crippen molar-refractivity contribution in [1.29, 1.82) is 5.26 Å². The third-order valence-corrected chi connectivity index (χ3v) is 3.70. The first kappa shape index (κ1) is 14.0. The predicted molar refractivity (Wildman–Crippen MR) is 75.3 cm³/mol. The van der Waals surface area contributed by atoms with Crippen LogP contribution in [0.3, 0.4) is 0 Å². The van der Waals surface area contributed by atoms with Gasteiger partial charge in [0.05, 0.1) is 18.2 Å². The van der Waals surface area contributed by atoms with Crippen molar-refractivity contribution in [2.75, 3.05) is 26.7 Å². The molecule has 4 nitrogen and oxygen atoms in total. The summed E-state index contributed by atoms with van der Waals surface area (Å²) in [5.41, 5.74) is 1.11. The zero-order valence-electron chi connectivity index (χ0n) is 11.8. The Morgan fingerprint density at radius 3 is 2.89 bits per heavy atom. The summed E-state index contributed by atoms with van der Waals surface area (Å²) in [6, 6.07) is 8.69. The molecule has 0 radical (unpaired) electrons. The Hall–Kier alpha value is -1.44. The van der Waals surface area contributed by atoms with E-state index in [9.17, 15) is 0 Å². The molecule has 2 heterocycles. The summed E-state index contributed by atoms with van der Waals surface area (Å²) in [5, 5.41) is 8.96. The molecule has 1 aromatic heterocycles. The first-order valence-electron chi connectivity index (χ1n) is 6.88. The highest BCUT2D eigenvalue weighted by molar-refractivity contribution is 5.03. The molecule has 0 N–H and O–H groups in total. The molecule has 2 unspecified atom stereocenters. The second-order valence-corrected chi connectivity index (χ2v) is 5.58. The molecule has 0 aliphatic carbocycles. The Balaban J connectivity index is 2.04. The summed E-state index contributed by atoms with van der Waals surface area (Å²) in [6.45, 7) is 6.23. The molecule has 0 bridgehead atoms. The molecule has 19 heavy (non-hydrogen) atoms. The van der Waals surface area contributed by atoms with E-state index in [2.05, 4.69) is 40.9 Å². The molecule has 2 atom stereocenters. The molecule has 102 valence electrons. The number of aromatic nitrogens is 1. The van der Waals surface area contributed by atoms with Gasteiger partial charge in [-0.2, -0.15) is 5.26 Å². The number of nitriles is 1. The highest BCUT2D eigenvalue weighted by atomic mass is 15.2. The first-order valence-corrected chi connectivity index (χ1v) is 6.88. The van der Waals surface area contributed by atoms with Crippen LogP contribution in [0, 0.1) is 17.2 Å². The zero-order chi connectivity index (χ0) is 13.7. The molecular formula is C15H22N4. The van der Waals surface area contributed by atoms with E-state index in [1.807, 2.05) is 18.3 Å². The fourth-order valence-corrected chi connectivity index (χ4v) is 2.83. The number of likely N-dealkylation sites (N-methyl/N-ethyl adjacent to an activating group) is 1. The lowest BCUT2D eigenvalue weighted by molar-refractivity contribution is 0.204. The van der Waals surface area contributed by atoms with Crippen LogP contribution in [0.2, 0.25) is 0 Å². The molecule has 1 aliphatic heterocycles. The Morgan fingerprint density at radius 1 is 1.37 bits per heavy atom. The lowest BCUT2D eigenvalue weighted by Crippen LogP contribution is -2.38. The SMILES string of the molecule is CC1CN(Cc2ccccn2)CC(CC#N)N(C)C1. The average Bonchev–Trinajstić information content (AvgIpc) is 2.50. The molecular weight excluding hydrogens is 236 g/mol. The van der Waals surface area contributed by atoms with E-state index in [-0.39, 0.29) is 0 Å². The molecule has 0 spiro atoms. The van der Waals surface area contributed by atoms with Crippen LogP contribution < -0.4 is 0 Å². The summed E-state index contributed by atoms with van der Waals surface area (Å²) >= 11 is 0. The van der Waals surface area contributed by atoms with Gasteiger partial charge in [0, 0.05) is 38.4 Å². The highest BCUT2D eigenvalue weighted by Gasteiger charge is 2.25. The maximum atomic E-state index is 8.96. The summed E-state index contributed by atoms with van der Waals surface area (Å²) in [7, 11) is 2.13. The molecule has 1 aromatic rings. The second-order valence-electron chi connectivity index (χ2n) is 5.58. The third kappa shape index (κ3) is 4.02. The predicted octanol–water partition coefficient (Wildman–Crippen LogP) is 1.75. The van der Waals surface area contributed by atoms with Gasteiger partial charge in [-0.05, 0) is 25.1 Å². The van der Waals surface area contributed by atoms with Crippen molar-refractivity contribution in [2.24, 2.45) is 5.92 Å². The maximum Gasteiger partial charge on any atom is 0.0638 e. The van der Waals surface area contributed by atoms with Crippen molar-refractivity contribution in [3.8, 4) is 6.07 Å². The zero-order valence-corrected chi connectivity index (χ0v) is 11.8. The lowest BCUT2D eigenvalue weighted by Gasteiger charge is -2.26. The normalized spacial score (nSPS) is 25.7. The Labute approximate surface area is 115 Å². The smallest absolute Gasteiger partial charge is 0.0638 e. The van der Waals surface area contributed by atoms with Gasteiger partial charge >= 0.3 is 0 Å². The fourth-order valence-electron chi connectivity index (χ4n) is 2.83. The van der Waals surface area contributed by atoms with E-state index in [1.54, 1.807) is 0 Å². The molecule has 0 amide bonds. The van der Waals surface area contributed by atoms with E-state index in [4.69, 9.17) is 5.26 Å². The topological polar surface area (TPSA) is 43.2 Å². The van der Waals surface area contributed by atoms with Crippen molar-refractivity contribution in [1.82, 2.24) is 14.8 Å². The van der Waals surface area contributed by atoms with Crippen molar-refractivity contribution < 1.29 is 0 Å². The van der Waals surface area contributed by atoms with E-state index in [0.29, 0.717) is 18.4 Å². The number of hydrogen-bond donors (Lipinski definition) is 0. The van der Waals surface area contributed by atoms with Crippen LogP contribution in [0.15, 0.2) is 24.4 Å². The number of pyridine rings is 1. The van der Waals surface area contributed by atoms with Gasteiger partial charge in [-0.3, -0.25) is 9.88 Å². The quantitative estimate of drug-likeness (QED) is 0.828. The summed E-state index contributed by atoms with van der Waals surface area (Å²) < 4.78 is 0. The number of rotatable bonds is 3. The summed E-state index contributed by atoms with van der Waals surface area (Å²) in [5.74, 6) is 0.623. The summed E-state index contributed by atoms with van der Waals surface area (Å²) in [4.78, 5) is 9.15. The van der Waals surface area contributed by atoms with Crippen LogP contribution in [-0.4, -0.2) is 47.5 Å².